The van der Waals surface area contributed by atoms with E-state index in [2.05, 4.69) is 10.2 Å². The normalized spacial score (nSPS) is 19.9. The zero-order valence-corrected chi connectivity index (χ0v) is 13.1. The SMILES string of the molecule is c1cc(OCC2CO2)ccc1N=Nc1ccc(OC2COC2)cc1. The number of ether oxygens (including phenoxy) is 4. The highest BCUT2D eigenvalue weighted by atomic mass is 16.6. The minimum absolute atomic E-state index is 0.171. The lowest BCUT2D eigenvalue weighted by atomic mass is 10.3. The molecule has 0 N–H and O–H groups in total. The molecule has 0 amide bonds. The highest BCUT2D eigenvalue weighted by Crippen LogP contribution is 2.24. The Bertz CT molecular complexity index is 692. The molecule has 0 aliphatic carbocycles. The lowest BCUT2D eigenvalue weighted by molar-refractivity contribution is -0.0796. The van der Waals surface area contributed by atoms with Crippen molar-refractivity contribution in [1.82, 2.24) is 0 Å². The predicted molar refractivity (Wildman–Crippen MR) is 87.5 cm³/mol. The lowest BCUT2D eigenvalue weighted by Gasteiger charge is -2.26. The van der Waals surface area contributed by atoms with Gasteiger partial charge in [0.2, 0.25) is 0 Å². The smallest absolute Gasteiger partial charge is 0.145 e. The standard InChI is InChI=1S/C18H18N2O4/c1-5-15(22-11-17-12-23-17)6-2-13(1)19-20-14-3-7-16(8-4-14)24-18-9-21-10-18/h1-8,17-18H,9-12H2. The predicted octanol–water partition coefficient (Wildman–Crippen LogP) is 3.66. The Hall–Kier alpha value is -2.44. The van der Waals surface area contributed by atoms with Crippen LogP contribution in [0.1, 0.15) is 0 Å². The first kappa shape index (κ1) is 15.1. The fourth-order valence-electron chi connectivity index (χ4n) is 2.14. The first-order chi connectivity index (χ1) is 11.8. The molecule has 124 valence electrons. The molecule has 0 bridgehead atoms. The molecular formula is C18H18N2O4. The van der Waals surface area contributed by atoms with Crippen molar-refractivity contribution in [2.75, 3.05) is 26.4 Å². The van der Waals surface area contributed by atoms with Crippen LogP contribution in [0, 0.1) is 0 Å². The third-order valence-corrected chi connectivity index (χ3v) is 3.70. The Balaban J connectivity index is 1.31. The van der Waals surface area contributed by atoms with Gasteiger partial charge in [-0.25, -0.2) is 0 Å². The van der Waals surface area contributed by atoms with E-state index in [-0.39, 0.29) is 12.2 Å². The molecule has 24 heavy (non-hydrogen) atoms. The zero-order chi connectivity index (χ0) is 16.2. The molecule has 2 aromatic carbocycles. The fourth-order valence-corrected chi connectivity index (χ4v) is 2.14. The Labute approximate surface area is 140 Å². The molecule has 2 heterocycles. The van der Waals surface area contributed by atoms with Crippen LogP contribution in [0.4, 0.5) is 11.4 Å². The quantitative estimate of drug-likeness (QED) is 0.575. The summed E-state index contributed by atoms with van der Waals surface area (Å²) in [7, 11) is 0. The number of nitrogens with zero attached hydrogens (tertiary/aromatic N) is 2. The van der Waals surface area contributed by atoms with Gasteiger partial charge in [0, 0.05) is 0 Å². The average molecular weight is 326 g/mol. The summed E-state index contributed by atoms with van der Waals surface area (Å²) < 4.78 is 21.5. The first-order valence-electron chi connectivity index (χ1n) is 7.96. The summed E-state index contributed by atoms with van der Waals surface area (Å²) in [4.78, 5) is 0. The van der Waals surface area contributed by atoms with Crippen molar-refractivity contribution in [2.24, 2.45) is 10.2 Å². The number of rotatable bonds is 7. The summed E-state index contributed by atoms with van der Waals surface area (Å²) in [6.07, 6.45) is 0.429. The van der Waals surface area contributed by atoms with Gasteiger partial charge in [-0.1, -0.05) is 0 Å². The van der Waals surface area contributed by atoms with Crippen LogP contribution in [-0.4, -0.2) is 38.6 Å². The monoisotopic (exact) mass is 326 g/mol. The molecule has 2 fully saturated rings. The Morgan fingerprint density at radius 3 is 1.92 bits per heavy atom. The van der Waals surface area contributed by atoms with Gasteiger partial charge in [-0.3, -0.25) is 0 Å². The van der Waals surface area contributed by atoms with Crippen LogP contribution in [0.25, 0.3) is 0 Å². The van der Waals surface area contributed by atoms with E-state index in [1.807, 2.05) is 48.5 Å². The molecule has 0 spiro atoms. The van der Waals surface area contributed by atoms with Crippen molar-refractivity contribution < 1.29 is 18.9 Å². The number of benzene rings is 2. The maximum Gasteiger partial charge on any atom is 0.145 e. The van der Waals surface area contributed by atoms with Crippen molar-refractivity contribution in [1.29, 1.82) is 0 Å². The molecule has 0 radical (unpaired) electrons. The van der Waals surface area contributed by atoms with Crippen LogP contribution in [0.2, 0.25) is 0 Å². The first-order valence-corrected chi connectivity index (χ1v) is 7.96. The molecule has 0 saturated carbocycles. The van der Waals surface area contributed by atoms with Gasteiger partial charge in [0.15, 0.2) is 0 Å². The largest absolute Gasteiger partial charge is 0.491 e. The van der Waals surface area contributed by atoms with Crippen molar-refractivity contribution in [3.05, 3.63) is 48.5 Å². The molecule has 2 aliphatic heterocycles. The van der Waals surface area contributed by atoms with Gasteiger partial charge in [0.1, 0.15) is 30.3 Å². The van der Waals surface area contributed by atoms with E-state index in [0.717, 1.165) is 29.5 Å². The van der Waals surface area contributed by atoms with E-state index in [9.17, 15) is 0 Å². The molecule has 4 rings (SSSR count). The van der Waals surface area contributed by atoms with E-state index in [1.54, 1.807) is 0 Å². The number of epoxide rings is 1. The summed E-state index contributed by atoms with van der Waals surface area (Å²) in [5.74, 6) is 1.63. The van der Waals surface area contributed by atoms with Gasteiger partial charge in [0.05, 0.1) is 31.2 Å². The van der Waals surface area contributed by atoms with Crippen LogP contribution in [0.3, 0.4) is 0 Å². The number of hydrogen-bond donors (Lipinski definition) is 0. The van der Waals surface area contributed by atoms with Gasteiger partial charge in [-0.15, -0.1) is 0 Å². The summed E-state index contributed by atoms with van der Waals surface area (Å²) in [6, 6.07) is 15.1. The highest BCUT2D eigenvalue weighted by molar-refractivity contribution is 5.44. The van der Waals surface area contributed by atoms with Crippen molar-refractivity contribution in [3.8, 4) is 11.5 Å². The molecule has 1 atom stereocenters. The molecule has 2 aromatic rings. The maximum atomic E-state index is 5.71. The maximum absolute atomic E-state index is 5.71. The van der Waals surface area contributed by atoms with Crippen LogP contribution >= 0.6 is 0 Å². The fraction of sp³-hybridized carbons (Fsp3) is 0.333. The molecule has 6 heteroatoms. The van der Waals surface area contributed by atoms with Crippen LogP contribution in [-0.2, 0) is 9.47 Å². The Morgan fingerprint density at radius 1 is 0.833 bits per heavy atom. The average Bonchev–Trinajstić information content (AvgIpc) is 3.41. The third kappa shape index (κ3) is 4.10. The molecule has 6 nitrogen and oxygen atoms in total. The van der Waals surface area contributed by atoms with Crippen LogP contribution in [0.5, 0.6) is 11.5 Å². The van der Waals surface area contributed by atoms with Gasteiger partial charge >= 0.3 is 0 Å². The second-order valence-corrected chi connectivity index (χ2v) is 5.73. The van der Waals surface area contributed by atoms with E-state index in [4.69, 9.17) is 18.9 Å². The second kappa shape index (κ2) is 6.98. The minimum atomic E-state index is 0.171. The minimum Gasteiger partial charge on any atom is -0.491 e. The highest BCUT2D eigenvalue weighted by Gasteiger charge is 2.23. The molecule has 2 saturated heterocycles. The van der Waals surface area contributed by atoms with E-state index in [0.29, 0.717) is 19.8 Å². The molecule has 1 unspecified atom stereocenters. The van der Waals surface area contributed by atoms with Crippen molar-refractivity contribution in [3.63, 3.8) is 0 Å². The Morgan fingerprint density at radius 2 is 1.42 bits per heavy atom. The van der Waals surface area contributed by atoms with E-state index < -0.39 is 0 Å². The summed E-state index contributed by atoms with van der Waals surface area (Å²) >= 11 is 0. The topological polar surface area (TPSA) is 64.9 Å². The summed E-state index contributed by atoms with van der Waals surface area (Å²) in [6.45, 7) is 2.72. The Kier molecular flexibility index (Phi) is 4.40. The van der Waals surface area contributed by atoms with Gasteiger partial charge in [-0.05, 0) is 48.5 Å². The summed E-state index contributed by atoms with van der Waals surface area (Å²) in [5.41, 5.74) is 1.55. The second-order valence-electron chi connectivity index (χ2n) is 5.73. The number of hydrogen-bond acceptors (Lipinski definition) is 6. The lowest BCUT2D eigenvalue weighted by Crippen LogP contribution is -2.38. The van der Waals surface area contributed by atoms with Gasteiger partial charge < -0.3 is 18.9 Å². The van der Waals surface area contributed by atoms with Crippen LogP contribution in [0.15, 0.2) is 58.8 Å². The molecule has 0 aromatic heterocycles. The van der Waals surface area contributed by atoms with Crippen LogP contribution < -0.4 is 9.47 Å². The third-order valence-electron chi connectivity index (χ3n) is 3.70. The van der Waals surface area contributed by atoms with Crippen molar-refractivity contribution >= 4 is 11.4 Å². The molecule has 2 aliphatic rings. The van der Waals surface area contributed by atoms with Crippen molar-refractivity contribution in [2.45, 2.75) is 12.2 Å². The molecular weight excluding hydrogens is 308 g/mol. The van der Waals surface area contributed by atoms with E-state index in [1.165, 1.54) is 0 Å². The van der Waals surface area contributed by atoms with Gasteiger partial charge in [0.25, 0.3) is 0 Å². The summed E-state index contributed by atoms with van der Waals surface area (Å²) in [5, 5.41) is 8.46. The number of azo groups is 1. The zero-order valence-electron chi connectivity index (χ0n) is 13.1. The van der Waals surface area contributed by atoms with E-state index >= 15 is 0 Å². The van der Waals surface area contributed by atoms with Gasteiger partial charge in [-0.2, -0.15) is 10.2 Å².